The predicted octanol–water partition coefficient (Wildman–Crippen LogP) is 1.65. The molecule has 0 aliphatic carbocycles. The molecular weight excluding hydrogens is 240 g/mol. The molecule has 0 saturated heterocycles. The van der Waals surface area contributed by atoms with Crippen LogP contribution in [0.25, 0.3) is 10.9 Å². The maximum Gasteiger partial charge on any atom is 0.189 e. The fourth-order valence-corrected chi connectivity index (χ4v) is 2.23. The Bertz CT molecular complexity index is 619. The minimum Gasteiger partial charge on any atom is -0.395 e. The topological polar surface area (TPSA) is 56.3 Å². The zero-order chi connectivity index (χ0) is 13.8. The zero-order valence-corrected chi connectivity index (χ0v) is 11.4. The summed E-state index contributed by atoms with van der Waals surface area (Å²) in [6, 6.07) is 7.50. The highest BCUT2D eigenvalue weighted by molar-refractivity contribution is 5.79. The summed E-state index contributed by atoms with van der Waals surface area (Å²) in [5, 5.41) is 9.72. The van der Waals surface area contributed by atoms with Crippen LogP contribution in [-0.2, 0) is 6.54 Å². The second kappa shape index (κ2) is 5.99. The molecule has 2 aromatic rings. The molecule has 0 spiro atoms. The number of aromatic nitrogens is 1. The minimum atomic E-state index is 0.0486. The minimum absolute atomic E-state index is 0.0486. The Morgan fingerprint density at radius 1 is 1.32 bits per heavy atom. The average Bonchev–Trinajstić information content (AvgIpc) is 2.39. The van der Waals surface area contributed by atoms with Crippen LogP contribution < -0.4 is 5.43 Å². The number of aromatic amines is 1. The van der Waals surface area contributed by atoms with E-state index in [1.165, 1.54) is 0 Å². The third-order valence-corrected chi connectivity index (χ3v) is 3.30. The van der Waals surface area contributed by atoms with E-state index in [2.05, 4.69) is 9.88 Å². The van der Waals surface area contributed by atoms with E-state index in [4.69, 9.17) is 5.11 Å². The number of H-pyrrole nitrogens is 1. The normalized spacial score (nSPS) is 11.4. The molecule has 1 aromatic heterocycles. The number of nitrogens with one attached hydrogen (secondary N) is 1. The van der Waals surface area contributed by atoms with E-state index in [1.54, 1.807) is 6.07 Å². The van der Waals surface area contributed by atoms with E-state index in [-0.39, 0.29) is 12.0 Å². The summed E-state index contributed by atoms with van der Waals surface area (Å²) in [4.78, 5) is 17.5. The summed E-state index contributed by atoms with van der Waals surface area (Å²) < 4.78 is 0. The molecule has 0 aliphatic heterocycles. The first kappa shape index (κ1) is 13.8. The van der Waals surface area contributed by atoms with Crippen molar-refractivity contribution in [1.82, 2.24) is 9.88 Å². The number of likely N-dealkylation sites (N-methyl/N-ethyl adjacent to an activating group) is 1. The molecule has 1 heterocycles. The summed E-state index contributed by atoms with van der Waals surface area (Å²) in [7, 11) is 0. The Labute approximate surface area is 112 Å². The molecular formula is C15H20N2O2. The Morgan fingerprint density at radius 3 is 2.79 bits per heavy atom. The summed E-state index contributed by atoms with van der Waals surface area (Å²) >= 11 is 0. The Balaban J connectivity index is 2.35. The second-order valence-electron chi connectivity index (χ2n) is 4.80. The van der Waals surface area contributed by atoms with Gasteiger partial charge in [-0.15, -0.1) is 0 Å². The van der Waals surface area contributed by atoms with Crippen molar-refractivity contribution in [2.45, 2.75) is 20.4 Å². The molecule has 0 bridgehead atoms. The number of fused-ring (bicyclic) bond motifs is 1. The van der Waals surface area contributed by atoms with E-state index in [1.807, 2.05) is 32.0 Å². The zero-order valence-electron chi connectivity index (χ0n) is 11.4. The van der Waals surface area contributed by atoms with Crippen LogP contribution in [0.4, 0.5) is 0 Å². The lowest BCUT2D eigenvalue weighted by Gasteiger charge is -2.19. The first-order chi connectivity index (χ1) is 9.13. The number of hydrogen-bond acceptors (Lipinski definition) is 3. The van der Waals surface area contributed by atoms with Crippen molar-refractivity contribution >= 4 is 10.9 Å². The van der Waals surface area contributed by atoms with Crippen LogP contribution in [0.15, 0.2) is 29.1 Å². The third-order valence-electron chi connectivity index (χ3n) is 3.30. The molecule has 0 fully saturated rings. The number of aryl methyl sites for hydroxylation is 1. The number of rotatable bonds is 5. The fourth-order valence-electron chi connectivity index (χ4n) is 2.23. The van der Waals surface area contributed by atoms with Crippen LogP contribution >= 0.6 is 0 Å². The summed E-state index contributed by atoms with van der Waals surface area (Å²) in [6.45, 7) is 6.25. The number of aliphatic hydroxyl groups is 1. The highest BCUT2D eigenvalue weighted by Crippen LogP contribution is 2.11. The molecule has 2 rings (SSSR count). The monoisotopic (exact) mass is 260 g/mol. The first-order valence-corrected chi connectivity index (χ1v) is 6.60. The number of aliphatic hydroxyl groups excluding tert-OH is 1. The van der Waals surface area contributed by atoms with Gasteiger partial charge in [0, 0.05) is 35.8 Å². The van der Waals surface area contributed by atoms with Crippen molar-refractivity contribution in [3.8, 4) is 0 Å². The third kappa shape index (κ3) is 3.22. The van der Waals surface area contributed by atoms with Gasteiger partial charge in [0.05, 0.1) is 6.61 Å². The number of pyridine rings is 1. The Morgan fingerprint density at radius 2 is 2.11 bits per heavy atom. The second-order valence-corrected chi connectivity index (χ2v) is 4.80. The number of nitrogens with zero attached hydrogens (tertiary/aromatic N) is 1. The quantitative estimate of drug-likeness (QED) is 0.859. The first-order valence-electron chi connectivity index (χ1n) is 6.60. The lowest BCUT2D eigenvalue weighted by atomic mass is 10.1. The van der Waals surface area contributed by atoms with Gasteiger partial charge < -0.3 is 10.1 Å². The van der Waals surface area contributed by atoms with Crippen molar-refractivity contribution in [3.05, 3.63) is 45.7 Å². The van der Waals surface area contributed by atoms with E-state index >= 15 is 0 Å². The smallest absolute Gasteiger partial charge is 0.189 e. The molecule has 2 N–H and O–H groups in total. The standard InChI is InChI=1S/C15H20N2O2/c1-3-17(6-7-18)10-12-9-15(19)13-8-11(2)4-5-14(13)16-12/h4-5,8-9,18H,3,6-7,10H2,1-2H3,(H,16,19). The maximum atomic E-state index is 12.1. The molecule has 0 unspecified atom stereocenters. The lowest BCUT2D eigenvalue weighted by molar-refractivity contribution is 0.195. The van der Waals surface area contributed by atoms with E-state index < -0.39 is 0 Å². The fraction of sp³-hybridized carbons (Fsp3) is 0.400. The summed E-state index contributed by atoms with van der Waals surface area (Å²) in [5.74, 6) is 0. The molecule has 0 saturated carbocycles. The van der Waals surface area contributed by atoms with Crippen molar-refractivity contribution in [1.29, 1.82) is 0 Å². The van der Waals surface area contributed by atoms with Gasteiger partial charge in [-0.3, -0.25) is 9.69 Å². The van der Waals surface area contributed by atoms with Crippen molar-refractivity contribution in [2.75, 3.05) is 19.7 Å². The van der Waals surface area contributed by atoms with E-state index in [9.17, 15) is 4.79 Å². The highest BCUT2D eigenvalue weighted by atomic mass is 16.3. The largest absolute Gasteiger partial charge is 0.395 e. The summed E-state index contributed by atoms with van der Waals surface area (Å²) in [6.07, 6.45) is 0. The van der Waals surface area contributed by atoms with Gasteiger partial charge in [-0.25, -0.2) is 0 Å². The number of hydrogen-bond donors (Lipinski definition) is 2. The predicted molar refractivity (Wildman–Crippen MR) is 77.3 cm³/mol. The van der Waals surface area contributed by atoms with Gasteiger partial charge in [0.25, 0.3) is 0 Å². The van der Waals surface area contributed by atoms with Crippen LogP contribution in [0.2, 0.25) is 0 Å². The van der Waals surface area contributed by atoms with E-state index in [0.717, 1.165) is 28.7 Å². The van der Waals surface area contributed by atoms with Crippen LogP contribution in [-0.4, -0.2) is 34.7 Å². The van der Waals surface area contributed by atoms with Crippen LogP contribution in [0.5, 0.6) is 0 Å². The van der Waals surface area contributed by atoms with Gasteiger partial charge in [0.2, 0.25) is 0 Å². The average molecular weight is 260 g/mol. The van der Waals surface area contributed by atoms with E-state index in [0.29, 0.717) is 13.1 Å². The maximum absolute atomic E-state index is 12.1. The molecule has 4 nitrogen and oxygen atoms in total. The highest BCUT2D eigenvalue weighted by Gasteiger charge is 2.06. The molecule has 19 heavy (non-hydrogen) atoms. The summed E-state index contributed by atoms with van der Waals surface area (Å²) in [5.41, 5.74) is 2.89. The lowest BCUT2D eigenvalue weighted by Crippen LogP contribution is -2.27. The Kier molecular flexibility index (Phi) is 4.35. The van der Waals surface area contributed by atoms with Gasteiger partial charge in [-0.1, -0.05) is 18.6 Å². The van der Waals surface area contributed by atoms with Crippen molar-refractivity contribution in [2.24, 2.45) is 0 Å². The van der Waals surface area contributed by atoms with Crippen molar-refractivity contribution < 1.29 is 5.11 Å². The van der Waals surface area contributed by atoms with Crippen molar-refractivity contribution in [3.63, 3.8) is 0 Å². The van der Waals surface area contributed by atoms with Crippen LogP contribution in [0.1, 0.15) is 18.2 Å². The SMILES string of the molecule is CCN(CCO)Cc1cc(=O)c2cc(C)ccc2[nH]1. The van der Waals surface area contributed by atoms with Gasteiger partial charge in [0.15, 0.2) is 5.43 Å². The number of benzene rings is 1. The molecule has 4 heteroatoms. The molecule has 0 radical (unpaired) electrons. The van der Waals surface area contributed by atoms with Gasteiger partial charge in [-0.05, 0) is 25.6 Å². The molecule has 0 atom stereocenters. The molecule has 0 amide bonds. The Hall–Kier alpha value is -1.65. The molecule has 0 aliphatic rings. The van der Waals surface area contributed by atoms with Gasteiger partial charge in [-0.2, -0.15) is 0 Å². The van der Waals surface area contributed by atoms with Gasteiger partial charge in [0.1, 0.15) is 0 Å². The van der Waals surface area contributed by atoms with Crippen LogP contribution in [0.3, 0.4) is 0 Å². The molecule has 102 valence electrons. The molecule has 1 aromatic carbocycles. The van der Waals surface area contributed by atoms with Gasteiger partial charge >= 0.3 is 0 Å². The van der Waals surface area contributed by atoms with Crippen LogP contribution in [0, 0.1) is 6.92 Å².